The van der Waals surface area contributed by atoms with Crippen LogP contribution in [-0.2, 0) is 10.8 Å². The maximum absolute atomic E-state index is 10.8. The molecule has 0 amide bonds. The Morgan fingerprint density at radius 1 is 0.379 bits per heavy atom. The lowest BCUT2D eigenvalue weighted by Crippen LogP contribution is -2.28. The van der Waals surface area contributed by atoms with Crippen LogP contribution in [0.2, 0.25) is 0 Å². The van der Waals surface area contributed by atoms with E-state index in [1.807, 2.05) is 36.4 Å². The van der Waals surface area contributed by atoms with E-state index in [4.69, 9.17) is 5.48 Å². The van der Waals surface area contributed by atoms with E-state index in [1.165, 1.54) is 4.90 Å². The summed E-state index contributed by atoms with van der Waals surface area (Å²) in [5.41, 5.74) is -0.396. The number of hydrogen-bond acceptors (Lipinski definition) is 1. The van der Waals surface area contributed by atoms with Crippen LogP contribution in [0.25, 0.3) is 33.4 Å². The molecule has 0 radical (unpaired) electrons. The van der Waals surface area contributed by atoms with Gasteiger partial charge in [-0.1, -0.05) is 200 Å². The summed E-state index contributed by atoms with van der Waals surface area (Å²) in [7, 11) is 0. The van der Waals surface area contributed by atoms with Gasteiger partial charge in [0.05, 0.1) is 30.3 Å². The first-order chi connectivity index (χ1) is 34.5. The van der Waals surface area contributed by atoms with Crippen molar-refractivity contribution in [3.63, 3.8) is 0 Å². The Balaban J connectivity index is 1.35. The van der Waals surface area contributed by atoms with Crippen molar-refractivity contribution in [2.24, 2.45) is 0 Å². The molecule has 0 bridgehead atoms. The molecule has 0 saturated heterocycles. The Morgan fingerprint density at radius 2 is 0.828 bits per heavy atom. The third-order valence-electron chi connectivity index (χ3n) is 11.7. The van der Waals surface area contributed by atoms with Crippen LogP contribution in [0.3, 0.4) is 0 Å². The van der Waals surface area contributed by atoms with E-state index in [0.717, 1.165) is 0 Å². The minimum atomic E-state index is -1.71. The van der Waals surface area contributed by atoms with E-state index < -0.39 is 71.3 Å². The zero-order valence-electron chi connectivity index (χ0n) is 45.3. The first-order valence-corrected chi connectivity index (χ1v) is 19.1. The van der Waals surface area contributed by atoms with E-state index in [-0.39, 0.29) is 85.7 Å². The molecule has 0 heterocycles. The topological polar surface area (TPSA) is 3.24 Å². The van der Waals surface area contributed by atoms with Crippen LogP contribution in [-0.4, -0.2) is 0 Å². The van der Waals surface area contributed by atoms with Crippen molar-refractivity contribution in [1.82, 2.24) is 0 Å². The molecular weight excluding hydrogens is 699 g/mol. The minimum absolute atomic E-state index is 0.00123. The van der Waals surface area contributed by atoms with Gasteiger partial charge in [-0.2, -0.15) is 0 Å². The minimum Gasteiger partial charge on any atom is -0.310 e. The van der Waals surface area contributed by atoms with Crippen molar-refractivity contribution < 1.29 is 19.2 Å². The molecule has 2 aliphatic carbocycles. The standard InChI is InChI=1S/C57H41N/c1-56(41-22-8-3-9-23-41)51-31-17-14-29-47(51)49-36-34-44(38-53(49)56)58(55-33-19-16-28-46(55)40-20-6-2-7-21-40)45-35-37-50-48-30-15-18-32-52(48)57(54(50)39-45,42-24-10-4-11-25-42)43-26-12-5-13-27-43/h2-39H,1H3/i14D,15D,17D,18D,29D,30D,31D,32D,34D,35D,36D,37D,38D,39D. The third-order valence-corrected chi connectivity index (χ3v) is 11.7. The number of nitrogens with zero attached hydrogens (tertiary/aromatic N) is 1. The molecule has 0 saturated carbocycles. The normalized spacial score (nSPS) is 18.9. The third kappa shape index (κ3) is 4.96. The Kier molecular flexibility index (Phi) is 5.23. The smallest absolute Gasteiger partial charge is 0.0714 e. The molecule has 0 fully saturated rings. The Bertz CT molecular complexity index is 3720. The molecule has 1 atom stereocenters. The number of fused-ring (bicyclic) bond motifs is 6. The van der Waals surface area contributed by atoms with Crippen LogP contribution in [0.15, 0.2) is 230 Å². The fourth-order valence-corrected chi connectivity index (χ4v) is 9.02. The van der Waals surface area contributed by atoms with Gasteiger partial charge in [-0.05, 0) is 104 Å². The van der Waals surface area contributed by atoms with Gasteiger partial charge < -0.3 is 4.90 Å². The Hall–Kier alpha value is -7.22. The first kappa shape index (κ1) is 22.5. The number of anilines is 3. The number of benzene rings is 9. The number of para-hydroxylation sites is 1. The summed E-state index contributed by atoms with van der Waals surface area (Å²) in [5.74, 6) is 0. The second-order valence-corrected chi connectivity index (χ2v) is 14.6. The monoisotopic (exact) mass is 753 g/mol. The van der Waals surface area contributed by atoms with Crippen LogP contribution in [0.5, 0.6) is 0 Å². The van der Waals surface area contributed by atoms with E-state index in [9.17, 15) is 13.7 Å². The molecule has 0 N–H and O–H groups in total. The largest absolute Gasteiger partial charge is 0.310 e. The quantitative estimate of drug-likeness (QED) is 0.157. The van der Waals surface area contributed by atoms with Crippen LogP contribution in [0, 0.1) is 0 Å². The van der Waals surface area contributed by atoms with Gasteiger partial charge in [0.1, 0.15) is 0 Å². The van der Waals surface area contributed by atoms with Crippen LogP contribution < -0.4 is 4.90 Å². The molecule has 0 aromatic heterocycles. The van der Waals surface area contributed by atoms with Crippen molar-refractivity contribution in [2.45, 2.75) is 17.8 Å². The predicted molar refractivity (Wildman–Crippen MR) is 241 cm³/mol. The lowest BCUT2D eigenvalue weighted by Gasteiger charge is -2.35. The summed E-state index contributed by atoms with van der Waals surface area (Å²) in [6, 6.07) is 36.7. The van der Waals surface area contributed by atoms with Gasteiger partial charge in [-0.3, -0.25) is 0 Å². The molecule has 1 unspecified atom stereocenters. The fraction of sp³-hybridized carbons (Fsp3) is 0.0526. The summed E-state index contributed by atoms with van der Waals surface area (Å²) in [6.07, 6.45) is 0. The Morgan fingerprint density at radius 3 is 1.45 bits per heavy atom. The van der Waals surface area contributed by atoms with Crippen molar-refractivity contribution in [3.05, 3.63) is 269 Å². The van der Waals surface area contributed by atoms with Crippen molar-refractivity contribution >= 4 is 17.1 Å². The summed E-state index contributed by atoms with van der Waals surface area (Å²) in [6.45, 7) is 1.74. The molecule has 0 spiro atoms. The van der Waals surface area contributed by atoms with Gasteiger partial charge >= 0.3 is 0 Å². The van der Waals surface area contributed by atoms with Crippen LogP contribution >= 0.6 is 0 Å². The van der Waals surface area contributed by atoms with Gasteiger partial charge in [-0.25, -0.2) is 0 Å². The molecule has 58 heavy (non-hydrogen) atoms. The Labute approximate surface area is 360 Å². The highest BCUT2D eigenvalue weighted by atomic mass is 15.1. The molecule has 11 rings (SSSR count). The molecule has 0 aliphatic heterocycles. The average Bonchev–Trinajstić information content (AvgIpc) is 3.90. The fourth-order valence-electron chi connectivity index (χ4n) is 9.02. The van der Waals surface area contributed by atoms with E-state index in [0.29, 0.717) is 27.8 Å². The highest BCUT2D eigenvalue weighted by Gasteiger charge is 2.46. The molecular formula is C57H41N. The van der Waals surface area contributed by atoms with Crippen molar-refractivity contribution in [2.75, 3.05) is 4.90 Å². The van der Waals surface area contributed by atoms with Crippen LogP contribution in [0.4, 0.5) is 17.1 Å². The molecule has 1 nitrogen and oxygen atoms in total. The maximum Gasteiger partial charge on any atom is 0.0714 e. The number of hydrogen-bond donors (Lipinski definition) is 0. The van der Waals surface area contributed by atoms with E-state index in [1.54, 1.807) is 116 Å². The maximum atomic E-state index is 10.8. The average molecular weight is 754 g/mol. The first-order valence-electron chi connectivity index (χ1n) is 26.1. The van der Waals surface area contributed by atoms with Gasteiger partial charge in [-0.15, -0.1) is 0 Å². The summed E-state index contributed by atoms with van der Waals surface area (Å²) < 4.78 is 135. The second kappa shape index (κ2) is 13.5. The lowest BCUT2D eigenvalue weighted by molar-refractivity contribution is 0.714. The lowest BCUT2D eigenvalue weighted by atomic mass is 9.67. The van der Waals surface area contributed by atoms with Gasteiger partial charge in [0.2, 0.25) is 0 Å². The summed E-state index contributed by atoms with van der Waals surface area (Å²) in [4.78, 5) is 1.41. The SMILES string of the molecule is [2H]c1c([2H])c([2H])c2c(c1[2H])-c1c([2H])c([2H])c(N(c3ccccc3-c3ccccc3)c3c([2H])c([2H])c4c(c3[2H])C(c3ccccc3)(c3ccccc3)c3c([2H])c([2H])c([2H])c([2H])c3-4)c([2H])c1C2(C)c1ccccc1. The highest BCUT2D eigenvalue weighted by Crippen LogP contribution is 2.58. The summed E-state index contributed by atoms with van der Waals surface area (Å²) >= 11 is 0. The highest BCUT2D eigenvalue weighted by molar-refractivity contribution is 5.94. The number of rotatable bonds is 7. The molecule has 9 aromatic rings. The summed E-state index contributed by atoms with van der Waals surface area (Å²) in [5, 5.41) is 0. The van der Waals surface area contributed by atoms with E-state index >= 15 is 0 Å². The molecule has 274 valence electrons. The van der Waals surface area contributed by atoms with Crippen molar-refractivity contribution in [3.8, 4) is 33.4 Å². The molecule has 1 heteroatoms. The van der Waals surface area contributed by atoms with Crippen molar-refractivity contribution in [1.29, 1.82) is 0 Å². The predicted octanol–water partition coefficient (Wildman–Crippen LogP) is 14.5. The second-order valence-electron chi connectivity index (χ2n) is 14.6. The van der Waals surface area contributed by atoms with E-state index in [2.05, 4.69) is 0 Å². The molecule has 2 aliphatic rings. The van der Waals surface area contributed by atoms with Gasteiger partial charge in [0, 0.05) is 22.4 Å². The van der Waals surface area contributed by atoms with Gasteiger partial charge in [0.15, 0.2) is 0 Å². The zero-order chi connectivity index (χ0) is 50.9. The zero-order valence-corrected chi connectivity index (χ0v) is 31.3. The van der Waals surface area contributed by atoms with Crippen LogP contribution in [0.1, 0.15) is 65.1 Å². The molecule has 9 aromatic carbocycles. The van der Waals surface area contributed by atoms with Gasteiger partial charge in [0.25, 0.3) is 0 Å².